The lowest BCUT2D eigenvalue weighted by Crippen LogP contribution is -2.09. The van der Waals surface area contributed by atoms with Crippen LogP contribution in [0.15, 0.2) is 199 Å². The minimum Gasteiger partial charge on any atom is -0.456 e. The van der Waals surface area contributed by atoms with E-state index in [1.54, 1.807) is 0 Å². The molecule has 0 fully saturated rings. The molecule has 3 heterocycles. The number of benzene rings is 8. The molecule has 0 saturated carbocycles. The fourth-order valence-electron chi connectivity index (χ4n) is 7.71. The second kappa shape index (κ2) is 13.7. The van der Waals surface area contributed by atoms with Crippen LogP contribution in [0.25, 0.3) is 87.4 Å². The van der Waals surface area contributed by atoms with Gasteiger partial charge >= 0.3 is 0 Å². The van der Waals surface area contributed by atoms with E-state index in [4.69, 9.17) is 19.4 Å². The molecule has 5 nitrogen and oxygen atoms in total. The number of anilines is 3. The van der Waals surface area contributed by atoms with Gasteiger partial charge in [-0.1, -0.05) is 121 Å². The molecule has 11 aromatic rings. The number of fused-ring (bicyclic) bond motifs is 6. The number of nitrogens with zero attached hydrogens (tertiary/aromatic N) is 4. The van der Waals surface area contributed by atoms with Gasteiger partial charge < -0.3 is 9.32 Å². The van der Waals surface area contributed by atoms with E-state index in [9.17, 15) is 0 Å². The monoisotopic (exact) mass is 748 g/mol. The maximum atomic E-state index is 6.46. The van der Waals surface area contributed by atoms with Gasteiger partial charge in [-0.05, 0) is 83.9 Å². The molecule has 0 radical (unpaired) electrons. The highest BCUT2D eigenvalue weighted by atomic mass is 32.1. The van der Waals surface area contributed by atoms with Crippen molar-refractivity contribution in [3.8, 4) is 45.3 Å². The largest absolute Gasteiger partial charge is 0.456 e. The Labute approximate surface area is 332 Å². The molecule has 268 valence electrons. The summed E-state index contributed by atoms with van der Waals surface area (Å²) in [6.07, 6.45) is 0. The van der Waals surface area contributed by atoms with Crippen LogP contribution >= 0.6 is 11.3 Å². The number of furan rings is 1. The van der Waals surface area contributed by atoms with Crippen LogP contribution in [0.4, 0.5) is 17.1 Å². The Balaban J connectivity index is 0.948. The Morgan fingerprint density at radius 1 is 0.333 bits per heavy atom. The highest BCUT2D eigenvalue weighted by Gasteiger charge is 2.17. The van der Waals surface area contributed by atoms with Crippen molar-refractivity contribution in [2.24, 2.45) is 0 Å². The molecule has 57 heavy (non-hydrogen) atoms. The fraction of sp³-hybridized carbons (Fsp3) is 0. The maximum Gasteiger partial charge on any atom is 0.164 e. The number of thiophene rings is 1. The predicted octanol–water partition coefficient (Wildman–Crippen LogP) is 14.3. The molecule has 0 N–H and O–H groups in total. The van der Waals surface area contributed by atoms with Crippen LogP contribution < -0.4 is 4.90 Å². The van der Waals surface area contributed by atoms with Crippen molar-refractivity contribution in [1.82, 2.24) is 15.0 Å². The second-order valence-electron chi connectivity index (χ2n) is 14.1. The fourth-order valence-corrected chi connectivity index (χ4v) is 8.80. The average molecular weight is 749 g/mol. The van der Waals surface area contributed by atoms with E-state index < -0.39 is 0 Å². The Kier molecular flexibility index (Phi) is 7.93. The van der Waals surface area contributed by atoms with Crippen molar-refractivity contribution in [3.63, 3.8) is 0 Å². The molecule has 0 aliphatic heterocycles. The van der Waals surface area contributed by atoms with Gasteiger partial charge in [-0.25, -0.2) is 15.0 Å². The smallest absolute Gasteiger partial charge is 0.164 e. The Morgan fingerprint density at radius 2 is 0.895 bits per heavy atom. The zero-order chi connectivity index (χ0) is 37.7. The summed E-state index contributed by atoms with van der Waals surface area (Å²) in [6, 6.07) is 67.6. The normalized spacial score (nSPS) is 11.5. The van der Waals surface area contributed by atoms with Crippen LogP contribution in [-0.4, -0.2) is 15.0 Å². The number of aromatic nitrogens is 3. The van der Waals surface area contributed by atoms with Crippen LogP contribution in [-0.2, 0) is 0 Å². The van der Waals surface area contributed by atoms with E-state index in [1.165, 1.54) is 20.2 Å². The molecule has 0 atom stereocenters. The first-order valence-electron chi connectivity index (χ1n) is 18.9. The van der Waals surface area contributed by atoms with Crippen molar-refractivity contribution >= 4 is 70.5 Å². The second-order valence-corrected chi connectivity index (χ2v) is 15.1. The van der Waals surface area contributed by atoms with Gasteiger partial charge in [0.2, 0.25) is 0 Å². The molecule has 0 aliphatic carbocycles. The molecular weight excluding hydrogens is 717 g/mol. The highest BCUT2D eigenvalue weighted by molar-refractivity contribution is 7.25. The molecule has 0 bridgehead atoms. The van der Waals surface area contributed by atoms with Crippen LogP contribution in [0.5, 0.6) is 0 Å². The summed E-state index contributed by atoms with van der Waals surface area (Å²) in [4.78, 5) is 17.0. The summed E-state index contributed by atoms with van der Waals surface area (Å²) >= 11 is 1.84. The standard InChI is InChI=1S/C51H32N4OS/c1-4-12-34(13-5-1)49-52-50(35-14-6-2-7-15-35)54-51(53-49)37-22-27-41-43-30-36(23-28-45(43)56-46(41)31-37)33-20-24-39(25-21-33)55(38-16-8-3-9-17-38)40-26-29-48-44(32-40)42-18-10-11-19-47(42)57-48/h1-32H. The third kappa shape index (κ3) is 6.00. The summed E-state index contributed by atoms with van der Waals surface area (Å²) < 4.78 is 9.06. The highest BCUT2D eigenvalue weighted by Crippen LogP contribution is 2.41. The Morgan fingerprint density at radius 3 is 1.61 bits per heavy atom. The zero-order valence-electron chi connectivity index (χ0n) is 30.6. The number of para-hydroxylation sites is 1. The van der Waals surface area contributed by atoms with Crippen LogP contribution in [0.1, 0.15) is 0 Å². The van der Waals surface area contributed by atoms with Crippen molar-refractivity contribution in [1.29, 1.82) is 0 Å². The van der Waals surface area contributed by atoms with E-state index in [0.717, 1.165) is 66.8 Å². The molecule has 0 unspecified atom stereocenters. The van der Waals surface area contributed by atoms with Gasteiger partial charge in [0.05, 0.1) is 0 Å². The molecule has 6 heteroatoms. The summed E-state index contributed by atoms with van der Waals surface area (Å²) in [5.74, 6) is 1.85. The minimum absolute atomic E-state index is 0.596. The van der Waals surface area contributed by atoms with E-state index in [0.29, 0.717) is 17.5 Å². The van der Waals surface area contributed by atoms with Gasteiger partial charge in [0.25, 0.3) is 0 Å². The lowest BCUT2D eigenvalue weighted by atomic mass is 10.0. The van der Waals surface area contributed by atoms with Gasteiger partial charge in [0.15, 0.2) is 17.5 Å². The molecule has 3 aromatic heterocycles. The van der Waals surface area contributed by atoms with Gasteiger partial charge in [0, 0.05) is 64.7 Å². The third-order valence-electron chi connectivity index (χ3n) is 10.5. The minimum atomic E-state index is 0.596. The van der Waals surface area contributed by atoms with Crippen molar-refractivity contribution in [3.05, 3.63) is 194 Å². The lowest BCUT2D eigenvalue weighted by Gasteiger charge is -2.25. The SMILES string of the molecule is c1ccc(-c2nc(-c3ccccc3)nc(-c3ccc4c(c3)oc3ccc(-c5ccc(N(c6ccccc6)c6ccc7sc8ccccc8c7c6)cc5)cc34)n2)cc1. The third-order valence-corrected chi connectivity index (χ3v) is 11.7. The first-order valence-corrected chi connectivity index (χ1v) is 19.7. The van der Waals surface area contributed by atoms with Gasteiger partial charge in [-0.15, -0.1) is 11.3 Å². The Hall–Kier alpha value is -7.41. The van der Waals surface area contributed by atoms with E-state index in [2.05, 4.69) is 132 Å². The quantitative estimate of drug-likeness (QED) is 0.162. The van der Waals surface area contributed by atoms with Crippen molar-refractivity contribution in [2.75, 3.05) is 4.90 Å². The van der Waals surface area contributed by atoms with E-state index in [1.807, 2.05) is 78.1 Å². The first-order chi connectivity index (χ1) is 28.2. The van der Waals surface area contributed by atoms with Crippen LogP contribution in [0, 0.1) is 0 Å². The van der Waals surface area contributed by atoms with E-state index >= 15 is 0 Å². The first kappa shape index (κ1) is 33.0. The molecule has 0 spiro atoms. The number of rotatable bonds is 7. The summed E-state index contributed by atoms with van der Waals surface area (Å²) in [5.41, 5.74) is 9.93. The molecule has 11 rings (SSSR count). The molecule has 0 aliphatic rings. The van der Waals surface area contributed by atoms with Crippen molar-refractivity contribution < 1.29 is 4.42 Å². The topological polar surface area (TPSA) is 55.1 Å². The van der Waals surface area contributed by atoms with Crippen LogP contribution in [0.3, 0.4) is 0 Å². The number of hydrogen-bond donors (Lipinski definition) is 0. The Bertz CT molecular complexity index is 3170. The average Bonchev–Trinajstić information content (AvgIpc) is 3.85. The predicted molar refractivity (Wildman–Crippen MR) is 236 cm³/mol. The van der Waals surface area contributed by atoms with Crippen molar-refractivity contribution in [2.45, 2.75) is 0 Å². The van der Waals surface area contributed by atoms with Gasteiger partial charge in [-0.3, -0.25) is 0 Å². The van der Waals surface area contributed by atoms with Gasteiger partial charge in [0.1, 0.15) is 11.2 Å². The lowest BCUT2D eigenvalue weighted by molar-refractivity contribution is 0.669. The number of hydrogen-bond acceptors (Lipinski definition) is 6. The summed E-state index contributed by atoms with van der Waals surface area (Å²) in [5, 5.41) is 4.67. The molecule has 0 saturated heterocycles. The van der Waals surface area contributed by atoms with Crippen LogP contribution in [0.2, 0.25) is 0 Å². The molecule has 8 aromatic carbocycles. The maximum absolute atomic E-state index is 6.46. The van der Waals surface area contributed by atoms with Gasteiger partial charge in [-0.2, -0.15) is 0 Å². The summed E-state index contributed by atoms with van der Waals surface area (Å²) in [6.45, 7) is 0. The molecular formula is C51H32N4OS. The summed E-state index contributed by atoms with van der Waals surface area (Å²) in [7, 11) is 0. The molecule has 0 amide bonds. The zero-order valence-corrected chi connectivity index (χ0v) is 31.4. The van der Waals surface area contributed by atoms with E-state index in [-0.39, 0.29) is 0 Å².